The summed E-state index contributed by atoms with van der Waals surface area (Å²) in [6, 6.07) is 13.4. The lowest BCUT2D eigenvalue weighted by Crippen LogP contribution is -2.06. The van der Waals surface area contributed by atoms with E-state index >= 15 is 0 Å². The average molecular weight is 262 g/mol. The van der Waals surface area contributed by atoms with E-state index in [2.05, 4.69) is 0 Å². The monoisotopic (exact) mass is 261 g/mol. The molecule has 0 aliphatic rings. The Labute approximate surface area is 112 Å². The summed E-state index contributed by atoms with van der Waals surface area (Å²) in [6.45, 7) is 4.00. The van der Waals surface area contributed by atoms with Crippen LogP contribution in [0.3, 0.4) is 0 Å². The van der Waals surface area contributed by atoms with Crippen molar-refractivity contribution < 1.29 is 4.74 Å². The number of ether oxygens (including phenoxy) is 1. The molecule has 2 rings (SSSR count). The third-order valence-electron chi connectivity index (χ3n) is 2.53. The normalized spacial score (nSPS) is 10.7. The molecule has 18 heavy (non-hydrogen) atoms. The second-order valence-electron chi connectivity index (χ2n) is 4.40. The van der Waals surface area contributed by atoms with E-state index in [1.807, 2.05) is 50.2 Å². The third kappa shape index (κ3) is 2.77. The predicted octanol–water partition coefficient (Wildman–Crippen LogP) is 4.38. The Kier molecular flexibility index (Phi) is 3.78. The van der Waals surface area contributed by atoms with Crippen LogP contribution >= 0.6 is 11.6 Å². The van der Waals surface area contributed by atoms with Crippen molar-refractivity contribution in [1.82, 2.24) is 0 Å². The van der Waals surface area contributed by atoms with E-state index in [-0.39, 0.29) is 6.10 Å². The van der Waals surface area contributed by atoms with Crippen molar-refractivity contribution in [1.29, 1.82) is 0 Å². The van der Waals surface area contributed by atoms with Crippen molar-refractivity contribution in [2.24, 2.45) is 0 Å². The van der Waals surface area contributed by atoms with Gasteiger partial charge in [0.2, 0.25) is 0 Å². The van der Waals surface area contributed by atoms with Gasteiger partial charge in [-0.1, -0.05) is 35.9 Å². The van der Waals surface area contributed by atoms with Crippen LogP contribution in [0.1, 0.15) is 13.8 Å². The summed E-state index contributed by atoms with van der Waals surface area (Å²) < 4.78 is 5.80. The molecule has 94 valence electrons. The maximum Gasteiger partial charge on any atom is 0.127 e. The molecule has 3 heteroatoms. The third-order valence-corrected chi connectivity index (χ3v) is 2.85. The molecule has 0 aliphatic carbocycles. The Morgan fingerprint density at radius 1 is 1.06 bits per heavy atom. The standard InChI is InChI=1S/C15H16ClNO/c1-10(2)18-15-6-4-3-5-13(15)12-8-7-11(17)9-14(12)16/h3-10H,17H2,1-2H3. The molecular weight excluding hydrogens is 246 g/mol. The molecule has 0 saturated heterocycles. The van der Waals surface area contributed by atoms with Gasteiger partial charge in [0.15, 0.2) is 0 Å². The molecule has 0 atom stereocenters. The molecule has 0 heterocycles. The summed E-state index contributed by atoms with van der Waals surface area (Å²) in [7, 11) is 0. The van der Waals surface area contributed by atoms with Gasteiger partial charge in [0.25, 0.3) is 0 Å². The Hall–Kier alpha value is -1.67. The first-order valence-corrected chi connectivity index (χ1v) is 6.27. The number of rotatable bonds is 3. The van der Waals surface area contributed by atoms with Crippen LogP contribution in [0.15, 0.2) is 42.5 Å². The smallest absolute Gasteiger partial charge is 0.127 e. The van der Waals surface area contributed by atoms with Gasteiger partial charge in [-0.05, 0) is 32.0 Å². The fourth-order valence-electron chi connectivity index (χ4n) is 1.80. The lowest BCUT2D eigenvalue weighted by atomic mass is 10.0. The van der Waals surface area contributed by atoms with E-state index in [1.165, 1.54) is 0 Å². The zero-order chi connectivity index (χ0) is 13.1. The summed E-state index contributed by atoms with van der Waals surface area (Å²) in [5, 5.41) is 0.634. The zero-order valence-corrected chi connectivity index (χ0v) is 11.2. The highest BCUT2D eigenvalue weighted by Gasteiger charge is 2.10. The molecule has 0 saturated carbocycles. The van der Waals surface area contributed by atoms with Gasteiger partial charge in [-0.3, -0.25) is 0 Å². The second kappa shape index (κ2) is 5.32. The Bertz CT molecular complexity index is 552. The summed E-state index contributed by atoms with van der Waals surface area (Å²) in [5.41, 5.74) is 8.28. The highest BCUT2D eigenvalue weighted by atomic mass is 35.5. The van der Waals surface area contributed by atoms with Gasteiger partial charge < -0.3 is 10.5 Å². The minimum Gasteiger partial charge on any atom is -0.490 e. The minimum atomic E-state index is 0.124. The van der Waals surface area contributed by atoms with E-state index in [9.17, 15) is 0 Å². The Morgan fingerprint density at radius 3 is 2.44 bits per heavy atom. The van der Waals surface area contributed by atoms with Crippen LogP contribution in [0, 0.1) is 0 Å². The van der Waals surface area contributed by atoms with Crippen molar-refractivity contribution in [3.8, 4) is 16.9 Å². The lowest BCUT2D eigenvalue weighted by molar-refractivity contribution is 0.243. The molecule has 2 nitrogen and oxygen atoms in total. The Balaban J connectivity index is 2.49. The molecular formula is C15H16ClNO. The van der Waals surface area contributed by atoms with E-state index in [4.69, 9.17) is 22.1 Å². The van der Waals surface area contributed by atoms with E-state index < -0.39 is 0 Å². The summed E-state index contributed by atoms with van der Waals surface area (Å²) in [4.78, 5) is 0. The topological polar surface area (TPSA) is 35.2 Å². The average Bonchev–Trinajstić information content (AvgIpc) is 2.30. The van der Waals surface area contributed by atoms with E-state index in [1.54, 1.807) is 6.07 Å². The zero-order valence-electron chi connectivity index (χ0n) is 10.5. The predicted molar refractivity (Wildman–Crippen MR) is 77.1 cm³/mol. The number of hydrogen-bond donors (Lipinski definition) is 1. The summed E-state index contributed by atoms with van der Waals surface area (Å²) in [6.07, 6.45) is 0.124. The molecule has 0 aliphatic heterocycles. The van der Waals surface area contributed by atoms with Crippen LogP contribution in [0.4, 0.5) is 5.69 Å². The van der Waals surface area contributed by atoms with Crippen LogP contribution in [-0.4, -0.2) is 6.10 Å². The van der Waals surface area contributed by atoms with Crippen molar-refractivity contribution in [2.75, 3.05) is 5.73 Å². The summed E-state index contributed by atoms with van der Waals surface area (Å²) in [5.74, 6) is 0.833. The fraction of sp³-hybridized carbons (Fsp3) is 0.200. The van der Waals surface area contributed by atoms with Crippen LogP contribution in [-0.2, 0) is 0 Å². The molecule has 0 fully saturated rings. The molecule has 0 unspecified atom stereocenters. The number of nitrogen functional groups attached to an aromatic ring is 1. The molecule has 0 amide bonds. The molecule has 2 N–H and O–H groups in total. The van der Waals surface area contributed by atoms with Crippen molar-refractivity contribution >= 4 is 17.3 Å². The van der Waals surface area contributed by atoms with Crippen LogP contribution in [0.5, 0.6) is 5.75 Å². The SMILES string of the molecule is CC(C)Oc1ccccc1-c1ccc(N)cc1Cl. The maximum absolute atomic E-state index is 6.24. The largest absolute Gasteiger partial charge is 0.490 e. The number of benzene rings is 2. The first-order chi connectivity index (χ1) is 8.58. The van der Waals surface area contributed by atoms with E-state index in [0.717, 1.165) is 16.9 Å². The van der Waals surface area contributed by atoms with Crippen molar-refractivity contribution in [3.63, 3.8) is 0 Å². The van der Waals surface area contributed by atoms with Crippen molar-refractivity contribution in [2.45, 2.75) is 20.0 Å². The van der Waals surface area contributed by atoms with Gasteiger partial charge in [0, 0.05) is 16.8 Å². The van der Waals surface area contributed by atoms with Gasteiger partial charge in [-0.2, -0.15) is 0 Å². The highest BCUT2D eigenvalue weighted by Crippen LogP contribution is 2.36. The molecule has 2 aromatic rings. The van der Waals surface area contributed by atoms with Gasteiger partial charge >= 0.3 is 0 Å². The van der Waals surface area contributed by atoms with Crippen molar-refractivity contribution in [3.05, 3.63) is 47.5 Å². The Morgan fingerprint density at radius 2 is 1.78 bits per heavy atom. The first-order valence-electron chi connectivity index (χ1n) is 5.89. The molecule has 0 bridgehead atoms. The number of halogens is 1. The molecule has 0 spiro atoms. The molecule has 2 aromatic carbocycles. The fourth-order valence-corrected chi connectivity index (χ4v) is 2.09. The highest BCUT2D eigenvalue weighted by molar-refractivity contribution is 6.33. The number of para-hydroxylation sites is 1. The van der Waals surface area contributed by atoms with Gasteiger partial charge in [0.05, 0.1) is 11.1 Å². The minimum absolute atomic E-state index is 0.124. The quantitative estimate of drug-likeness (QED) is 0.833. The molecule has 0 radical (unpaired) electrons. The number of hydrogen-bond acceptors (Lipinski definition) is 2. The van der Waals surface area contributed by atoms with Gasteiger partial charge in [-0.25, -0.2) is 0 Å². The van der Waals surface area contributed by atoms with Crippen LogP contribution in [0.25, 0.3) is 11.1 Å². The van der Waals surface area contributed by atoms with Crippen LogP contribution < -0.4 is 10.5 Å². The lowest BCUT2D eigenvalue weighted by Gasteiger charge is -2.15. The van der Waals surface area contributed by atoms with Crippen LogP contribution in [0.2, 0.25) is 5.02 Å². The maximum atomic E-state index is 6.24. The van der Waals surface area contributed by atoms with E-state index in [0.29, 0.717) is 10.7 Å². The van der Waals surface area contributed by atoms with Gasteiger partial charge in [0.1, 0.15) is 5.75 Å². The summed E-state index contributed by atoms with van der Waals surface area (Å²) >= 11 is 6.24. The number of anilines is 1. The number of nitrogens with two attached hydrogens (primary N) is 1. The second-order valence-corrected chi connectivity index (χ2v) is 4.81. The molecule has 0 aromatic heterocycles. The van der Waals surface area contributed by atoms with Gasteiger partial charge in [-0.15, -0.1) is 0 Å². The first kappa shape index (κ1) is 12.8.